The van der Waals surface area contributed by atoms with E-state index in [0.29, 0.717) is 51.9 Å². The van der Waals surface area contributed by atoms with E-state index >= 15 is 0 Å². The van der Waals surface area contributed by atoms with Gasteiger partial charge in [-0.05, 0) is 53.3 Å². The van der Waals surface area contributed by atoms with E-state index in [0.717, 1.165) is 21.9 Å². The number of carbonyl (C=O) groups excluding carboxylic acids is 3. The monoisotopic (exact) mass is 603 g/mol. The van der Waals surface area contributed by atoms with Crippen LogP contribution in [0.4, 0.5) is 4.39 Å². The molecule has 10 nitrogen and oxygen atoms in total. The highest BCUT2D eigenvalue weighted by molar-refractivity contribution is 5.90. The molecule has 3 atom stereocenters. The van der Waals surface area contributed by atoms with Crippen molar-refractivity contribution < 1.29 is 18.8 Å². The smallest absolute Gasteiger partial charge is 0.242 e. The van der Waals surface area contributed by atoms with Gasteiger partial charge in [-0.1, -0.05) is 54.6 Å². The predicted molar refractivity (Wildman–Crippen MR) is 170 cm³/mol. The van der Waals surface area contributed by atoms with Gasteiger partial charge >= 0.3 is 0 Å². The van der Waals surface area contributed by atoms with Crippen LogP contribution in [0, 0.1) is 5.82 Å². The molecule has 0 bridgehead atoms. The molecule has 1 aliphatic rings. The van der Waals surface area contributed by atoms with Crippen molar-refractivity contribution in [2.75, 3.05) is 26.7 Å². The van der Waals surface area contributed by atoms with Crippen LogP contribution in [0.5, 0.6) is 0 Å². The molecule has 1 heterocycles. The van der Waals surface area contributed by atoms with Crippen LogP contribution in [-0.4, -0.2) is 78.3 Å². The third-order valence-electron chi connectivity index (χ3n) is 8.02. The number of fused-ring (bicyclic) bond motifs is 1. The van der Waals surface area contributed by atoms with Crippen molar-refractivity contribution in [3.05, 3.63) is 83.7 Å². The molecule has 0 aliphatic carbocycles. The molecule has 3 aromatic carbocycles. The molecule has 44 heavy (non-hydrogen) atoms. The van der Waals surface area contributed by atoms with Gasteiger partial charge in [0.1, 0.15) is 11.9 Å². The first-order valence-corrected chi connectivity index (χ1v) is 15.0. The Hall–Kier alpha value is -4.51. The molecule has 0 saturated carbocycles. The molecule has 1 fully saturated rings. The Labute approximate surface area is 257 Å². The number of aliphatic imine (C=N–C) groups is 1. The summed E-state index contributed by atoms with van der Waals surface area (Å²) in [6.45, 7) is 2.83. The topological polar surface area (TPSA) is 146 Å². The molecule has 0 radical (unpaired) electrons. The molecule has 11 heteroatoms. The zero-order valence-corrected chi connectivity index (χ0v) is 25.3. The lowest BCUT2D eigenvalue weighted by atomic mass is 9.99. The van der Waals surface area contributed by atoms with Crippen molar-refractivity contribution in [3.8, 4) is 0 Å². The fourth-order valence-corrected chi connectivity index (χ4v) is 5.69. The normalized spacial score (nSPS) is 17.5. The Kier molecular flexibility index (Phi) is 11.3. The Morgan fingerprint density at radius 1 is 1.09 bits per heavy atom. The summed E-state index contributed by atoms with van der Waals surface area (Å²) in [4.78, 5) is 47.5. The second-order valence-corrected chi connectivity index (χ2v) is 11.2. The minimum Gasteiger partial charge on any atom is -0.370 e. The summed E-state index contributed by atoms with van der Waals surface area (Å²) >= 11 is 0. The van der Waals surface area contributed by atoms with Gasteiger partial charge in [0.05, 0.1) is 6.04 Å². The Morgan fingerprint density at radius 3 is 2.48 bits per heavy atom. The summed E-state index contributed by atoms with van der Waals surface area (Å²) in [6.07, 6.45) is 1.86. The average Bonchev–Trinajstić information content (AvgIpc) is 3.16. The van der Waals surface area contributed by atoms with Crippen LogP contribution in [0.15, 0.2) is 71.7 Å². The molecule has 0 aromatic heterocycles. The highest BCUT2D eigenvalue weighted by Gasteiger charge is 2.37. The highest BCUT2D eigenvalue weighted by Crippen LogP contribution is 2.22. The van der Waals surface area contributed by atoms with E-state index in [1.165, 1.54) is 19.1 Å². The van der Waals surface area contributed by atoms with Crippen molar-refractivity contribution >= 4 is 34.5 Å². The summed E-state index contributed by atoms with van der Waals surface area (Å²) in [5, 5.41) is 8.39. The van der Waals surface area contributed by atoms with Gasteiger partial charge in [-0.2, -0.15) is 0 Å². The van der Waals surface area contributed by atoms with Gasteiger partial charge in [-0.15, -0.1) is 0 Å². The fraction of sp³-hybridized carbons (Fsp3) is 0.394. The minimum atomic E-state index is -0.724. The standard InChI is InChI=1S/C33H42FN7O3/c1-22(42)40(20-23-10-13-27(34)14-11-23)21-28-15-17-41(32(44)29(39-28)8-5-16-38-33(35)36)30(31(43)37-2)19-24-9-12-25-6-3-4-7-26(25)18-24/h3-4,6-7,9-14,18,28-30,39H,5,8,15-17,19-21H2,1-2H3,(H,37,43)(H4,35,36,38). The number of nitrogens with two attached hydrogens (primary N) is 2. The van der Waals surface area contributed by atoms with Gasteiger partial charge in [0.15, 0.2) is 5.96 Å². The SMILES string of the molecule is CNC(=O)C(Cc1ccc2ccccc2c1)N1CCC(CN(Cc2ccc(F)cc2)C(C)=O)NC(CCCN=C(N)N)C1=O. The molecule has 4 rings (SSSR count). The van der Waals surface area contributed by atoms with Crippen molar-refractivity contribution in [3.63, 3.8) is 0 Å². The lowest BCUT2D eigenvalue weighted by Crippen LogP contribution is -2.54. The van der Waals surface area contributed by atoms with Gasteiger partial charge in [-0.3, -0.25) is 19.4 Å². The first kappa shape index (κ1) is 32.4. The van der Waals surface area contributed by atoms with Crippen LogP contribution in [-0.2, 0) is 27.3 Å². The van der Waals surface area contributed by atoms with E-state index in [1.54, 1.807) is 29.0 Å². The lowest BCUT2D eigenvalue weighted by molar-refractivity contribution is -0.141. The quantitative estimate of drug-likeness (QED) is 0.142. The third kappa shape index (κ3) is 8.76. The zero-order valence-electron chi connectivity index (χ0n) is 25.3. The molecular weight excluding hydrogens is 561 g/mol. The fourth-order valence-electron chi connectivity index (χ4n) is 5.69. The van der Waals surface area contributed by atoms with E-state index in [4.69, 9.17) is 11.5 Å². The van der Waals surface area contributed by atoms with Crippen LogP contribution in [0.25, 0.3) is 10.8 Å². The van der Waals surface area contributed by atoms with Gasteiger partial charge < -0.3 is 31.9 Å². The van der Waals surface area contributed by atoms with Gasteiger partial charge in [0, 0.05) is 52.6 Å². The number of hydrogen-bond acceptors (Lipinski definition) is 5. The number of benzene rings is 3. The Balaban J connectivity index is 1.58. The molecule has 1 aliphatic heterocycles. The van der Waals surface area contributed by atoms with Gasteiger partial charge in [0.2, 0.25) is 17.7 Å². The van der Waals surface area contributed by atoms with Crippen LogP contribution >= 0.6 is 0 Å². The van der Waals surface area contributed by atoms with Crippen LogP contribution in [0.1, 0.15) is 37.3 Å². The largest absolute Gasteiger partial charge is 0.370 e. The van der Waals surface area contributed by atoms with Gasteiger partial charge in [0.25, 0.3) is 0 Å². The van der Waals surface area contributed by atoms with Crippen LogP contribution < -0.4 is 22.1 Å². The molecule has 3 amide bonds. The summed E-state index contributed by atoms with van der Waals surface area (Å²) in [6, 6.07) is 18.6. The first-order valence-electron chi connectivity index (χ1n) is 15.0. The number of amides is 3. The number of nitrogens with zero attached hydrogens (tertiary/aromatic N) is 3. The van der Waals surface area contributed by atoms with E-state index in [9.17, 15) is 18.8 Å². The molecule has 0 spiro atoms. The average molecular weight is 604 g/mol. The number of hydrogen-bond donors (Lipinski definition) is 4. The van der Waals surface area contributed by atoms with E-state index in [-0.39, 0.29) is 35.5 Å². The number of carbonyl (C=O) groups is 3. The number of guanidine groups is 1. The maximum absolute atomic E-state index is 14.1. The highest BCUT2D eigenvalue weighted by atomic mass is 19.1. The Bertz CT molecular complexity index is 1480. The maximum Gasteiger partial charge on any atom is 0.242 e. The summed E-state index contributed by atoms with van der Waals surface area (Å²) in [5.74, 6) is -0.916. The van der Waals surface area contributed by atoms with Crippen molar-refractivity contribution in [2.24, 2.45) is 16.5 Å². The maximum atomic E-state index is 14.1. The van der Waals surface area contributed by atoms with E-state index < -0.39 is 12.1 Å². The predicted octanol–water partition coefficient (Wildman–Crippen LogP) is 2.30. The molecule has 234 valence electrons. The van der Waals surface area contributed by atoms with Crippen molar-refractivity contribution in [2.45, 2.75) is 57.3 Å². The molecule has 3 unspecified atom stereocenters. The third-order valence-corrected chi connectivity index (χ3v) is 8.02. The van der Waals surface area contributed by atoms with Crippen LogP contribution in [0.3, 0.4) is 0 Å². The zero-order chi connectivity index (χ0) is 31.6. The molecule has 3 aromatic rings. The summed E-state index contributed by atoms with van der Waals surface area (Å²) in [7, 11) is 1.58. The molecule has 6 N–H and O–H groups in total. The van der Waals surface area contributed by atoms with E-state index in [2.05, 4.69) is 21.7 Å². The summed E-state index contributed by atoms with van der Waals surface area (Å²) < 4.78 is 13.5. The first-order chi connectivity index (χ1) is 21.1. The second kappa shape index (κ2) is 15.3. The number of rotatable bonds is 12. The molecular formula is C33H42FN7O3. The van der Waals surface area contributed by atoms with Crippen molar-refractivity contribution in [1.29, 1.82) is 0 Å². The van der Waals surface area contributed by atoms with Crippen LogP contribution in [0.2, 0.25) is 0 Å². The number of halogens is 1. The summed E-state index contributed by atoms with van der Waals surface area (Å²) in [5.41, 5.74) is 12.7. The minimum absolute atomic E-state index is 0.0161. The molecule has 1 saturated heterocycles. The Morgan fingerprint density at radius 2 is 1.80 bits per heavy atom. The van der Waals surface area contributed by atoms with E-state index in [1.807, 2.05) is 36.4 Å². The number of nitrogens with one attached hydrogen (secondary N) is 2. The van der Waals surface area contributed by atoms with Gasteiger partial charge in [-0.25, -0.2) is 4.39 Å². The second-order valence-electron chi connectivity index (χ2n) is 11.2. The van der Waals surface area contributed by atoms with Crippen molar-refractivity contribution in [1.82, 2.24) is 20.4 Å². The lowest BCUT2D eigenvalue weighted by Gasteiger charge is -2.31. The number of likely N-dealkylation sites (N-methyl/N-ethyl adjacent to an activating group) is 1.